The molecule has 14 heavy (non-hydrogen) atoms. The Morgan fingerprint density at radius 2 is 2.00 bits per heavy atom. The molecule has 0 bridgehead atoms. The topological polar surface area (TPSA) is 41.1 Å². The average Bonchev–Trinajstić information content (AvgIpc) is 2.53. The second kappa shape index (κ2) is 4.30. The molecule has 2 rings (SSSR count). The zero-order valence-corrected chi connectivity index (χ0v) is 8.88. The third-order valence-electron chi connectivity index (χ3n) is 3.64. The van der Waals surface area contributed by atoms with Crippen molar-refractivity contribution < 1.29 is 4.79 Å². The molecule has 1 atom stereocenters. The standard InChI is InChI=1S/C11H20N2O/c1-8(9-6-12-7-9)11(14)13-10-4-2-3-5-10/h8-10,12H,2-7H2,1H3,(H,13,14). The van der Waals surface area contributed by atoms with E-state index < -0.39 is 0 Å². The molecule has 1 saturated carbocycles. The summed E-state index contributed by atoms with van der Waals surface area (Å²) in [7, 11) is 0. The van der Waals surface area contributed by atoms with E-state index in [9.17, 15) is 4.79 Å². The van der Waals surface area contributed by atoms with E-state index in [1.54, 1.807) is 0 Å². The number of carbonyl (C=O) groups is 1. The predicted molar refractivity (Wildman–Crippen MR) is 55.9 cm³/mol. The van der Waals surface area contributed by atoms with Gasteiger partial charge in [-0.25, -0.2) is 0 Å². The SMILES string of the molecule is CC(C(=O)NC1CCCC1)C1CNC1. The molecule has 2 fully saturated rings. The van der Waals surface area contributed by atoms with Gasteiger partial charge in [0.1, 0.15) is 0 Å². The molecule has 3 heteroatoms. The lowest BCUT2D eigenvalue weighted by atomic mass is 9.88. The molecule has 0 spiro atoms. The van der Waals surface area contributed by atoms with Gasteiger partial charge in [0.15, 0.2) is 0 Å². The summed E-state index contributed by atoms with van der Waals surface area (Å²) in [6.45, 7) is 4.08. The van der Waals surface area contributed by atoms with Gasteiger partial charge in [0.25, 0.3) is 0 Å². The Bertz CT molecular complexity index is 207. The maximum absolute atomic E-state index is 11.8. The minimum Gasteiger partial charge on any atom is -0.353 e. The Morgan fingerprint density at radius 3 is 2.50 bits per heavy atom. The van der Waals surface area contributed by atoms with E-state index in [1.807, 2.05) is 0 Å². The molecule has 0 aromatic carbocycles. The Hall–Kier alpha value is -0.570. The first kappa shape index (κ1) is 9.97. The normalized spacial score (nSPS) is 25.8. The Morgan fingerprint density at radius 1 is 1.36 bits per heavy atom. The van der Waals surface area contributed by atoms with E-state index in [2.05, 4.69) is 17.6 Å². The molecule has 2 N–H and O–H groups in total. The lowest BCUT2D eigenvalue weighted by Crippen LogP contribution is -2.50. The van der Waals surface area contributed by atoms with E-state index in [4.69, 9.17) is 0 Å². The fourth-order valence-corrected chi connectivity index (χ4v) is 2.28. The van der Waals surface area contributed by atoms with Crippen molar-refractivity contribution in [3.8, 4) is 0 Å². The van der Waals surface area contributed by atoms with Crippen LogP contribution in [-0.2, 0) is 4.79 Å². The first-order valence-corrected chi connectivity index (χ1v) is 5.78. The van der Waals surface area contributed by atoms with Crippen LogP contribution < -0.4 is 10.6 Å². The summed E-state index contributed by atoms with van der Waals surface area (Å²) < 4.78 is 0. The van der Waals surface area contributed by atoms with Gasteiger partial charge >= 0.3 is 0 Å². The molecule has 1 amide bonds. The zero-order valence-electron chi connectivity index (χ0n) is 8.88. The third-order valence-corrected chi connectivity index (χ3v) is 3.64. The molecule has 80 valence electrons. The second-order valence-electron chi connectivity index (χ2n) is 4.70. The number of hydrogen-bond acceptors (Lipinski definition) is 2. The smallest absolute Gasteiger partial charge is 0.223 e. The van der Waals surface area contributed by atoms with Crippen LogP contribution in [0, 0.1) is 11.8 Å². The van der Waals surface area contributed by atoms with Gasteiger partial charge in [0, 0.05) is 12.0 Å². The Kier molecular flexibility index (Phi) is 3.06. The molecule has 1 unspecified atom stereocenters. The minimum absolute atomic E-state index is 0.192. The molecule has 0 aromatic heterocycles. The van der Waals surface area contributed by atoms with Crippen molar-refractivity contribution in [3.05, 3.63) is 0 Å². The lowest BCUT2D eigenvalue weighted by Gasteiger charge is -2.32. The van der Waals surface area contributed by atoms with Crippen LogP contribution in [0.25, 0.3) is 0 Å². The Labute approximate surface area is 85.6 Å². The van der Waals surface area contributed by atoms with Crippen molar-refractivity contribution in [2.24, 2.45) is 11.8 Å². The van der Waals surface area contributed by atoms with E-state index in [1.165, 1.54) is 25.7 Å². The van der Waals surface area contributed by atoms with Crippen LogP contribution in [0.5, 0.6) is 0 Å². The van der Waals surface area contributed by atoms with Crippen molar-refractivity contribution in [1.82, 2.24) is 10.6 Å². The molecule has 1 saturated heterocycles. The maximum atomic E-state index is 11.8. The molecule has 0 aromatic rings. The monoisotopic (exact) mass is 196 g/mol. The maximum Gasteiger partial charge on any atom is 0.223 e. The summed E-state index contributed by atoms with van der Waals surface area (Å²) in [5, 5.41) is 6.37. The molecular weight excluding hydrogens is 176 g/mol. The van der Waals surface area contributed by atoms with Crippen molar-refractivity contribution in [1.29, 1.82) is 0 Å². The predicted octanol–water partition coefficient (Wildman–Crippen LogP) is 0.901. The molecule has 1 heterocycles. The molecule has 1 aliphatic heterocycles. The van der Waals surface area contributed by atoms with E-state index in [-0.39, 0.29) is 11.8 Å². The van der Waals surface area contributed by atoms with E-state index in [0.717, 1.165) is 13.1 Å². The number of rotatable bonds is 3. The van der Waals surface area contributed by atoms with Crippen molar-refractivity contribution in [2.45, 2.75) is 38.6 Å². The summed E-state index contributed by atoms with van der Waals surface area (Å²) in [5.41, 5.74) is 0. The van der Waals surface area contributed by atoms with E-state index >= 15 is 0 Å². The largest absolute Gasteiger partial charge is 0.353 e. The van der Waals surface area contributed by atoms with Gasteiger partial charge in [-0.05, 0) is 31.8 Å². The quantitative estimate of drug-likeness (QED) is 0.704. The average molecular weight is 196 g/mol. The zero-order chi connectivity index (χ0) is 9.97. The van der Waals surface area contributed by atoms with Crippen LogP contribution in [0.4, 0.5) is 0 Å². The first-order chi connectivity index (χ1) is 6.77. The summed E-state index contributed by atoms with van der Waals surface area (Å²) in [6, 6.07) is 0.470. The molecule has 3 nitrogen and oxygen atoms in total. The summed E-state index contributed by atoms with van der Waals surface area (Å²) in [5.74, 6) is 1.02. The van der Waals surface area contributed by atoms with Crippen molar-refractivity contribution >= 4 is 5.91 Å². The molecule has 2 aliphatic rings. The van der Waals surface area contributed by atoms with Gasteiger partial charge in [-0.2, -0.15) is 0 Å². The fourth-order valence-electron chi connectivity index (χ4n) is 2.28. The number of amides is 1. The van der Waals surface area contributed by atoms with Gasteiger partial charge in [0.05, 0.1) is 0 Å². The summed E-state index contributed by atoms with van der Waals surface area (Å²) in [6.07, 6.45) is 4.93. The van der Waals surface area contributed by atoms with Crippen LogP contribution in [-0.4, -0.2) is 25.0 Å². The lowest BCUT2D eigenvalue weighted by molar-refractivity contribution is -0.127. The minimum atomic E-state index is 0.192. The van der Waals surface area contributed by atoms with Crippen LogP contribution in [0.1, 0.15) is 32.6 Å². The highest BCUT2D eigenvalue weighted by Crippen LogP contribution is 2.20. The van der Waals surface area contributed by atoms with Gasteiger partial charge in [-0.1, -0.05) is 19.8 Å². The highest BCUT2D eigenvalue weighted by atomic mass is 16.1. The van der Waals surface area contributed by atoms with Crippen molar-refractivity contribution in [3.63, 3.8) is 0 Å². The van der Waals surface area contributed by atoms with Gasteiger partial charge in [-0.15, -0.1) is 0 Å². The molecule has 0 radical (unpaired) electrons. The van der Waals surface area contributed by atoms with Gasteiger partial charge in [-0.3, -0.25) is 4.79 Å². The number of nitrogens with one attached hydrogen (secondary N) is 2. The molecule has 1 aliphatic carbocycles. The van der Waals surface area contributed by atoms with Crippen molar-refractivity contribution in [2.75, 3.05) is 13.1 Å². The van der Waals surface area contributed by atoms with Crippen LogP contribution >= 0.6 is 0 Å². The van der Waals surface area contributed by atoms with E-state index in [0.29, 0.717) is 12.0 Å². The highest BCUT2D eigenvalue weighted by Gasteiger charge is 2.30. The molecular formula is C11H20N2O. The van der Waals surface area contributed by atoms with Gasteiger partial charge in [0.2, 0.25) is 5.91 Å². The summed E-state index contributed by atoms with van der Waals surface area (Å²) >= 11 is 0. The van der Waals surface area contributed by atoms with Crippen LogP contribution in [0.15, 0.2) is 0 Å². The highest BCUT2D eigenvalue weighted by molar-refractivity contribution is 5.79. The fraction of sp³-hybridized carbons (Fsp3) is 0.909. The van der Waals surface area contributed by atoms with Gasteiger partial charge < -0.3 is 10.6 Å². The first-order valence-electron chi connectivity index (χ1n) is 5.78. The number of carbonyl (C=O) groups excluding carboxylic acids is 1. The van der Waals surface area contributed by atoms with Crippen LogP contribution in [0.3, 0.4) is 0 Å². The number of hydrogen-bond donors (Lipinski definition) is 2. The van der Waals surface area contributed by atoms with Crippen LogP contribution in [0.2, 0.25) is 0 Å². The second-order valence-corrected chi connectivity index (χ2v) is 4.70. The Balaban J connectivity index is 1.75. The third kappa shape index (κ3) is 2.08. The summed E-state index contributed by atoms with van der Waals surface area (Å²) in [4.78, 5) is 11.8.